The van der Waals surface area contributed by atoms with E-state index in [4.69, 9.17) is 22.3 Å². The standard InChI is InChI=1S/C18H35N7O6S/c1-3-9(2)13(17(30)31)25-16(29)12(8-32)24-15(28)11(5-4-6-22-18(20)21)23-14(27)10(19)7-26/h9-13,26,32H,3-8,19H2,1-2H3,(H,23,27)(H,24,28)(H,25,29)(H,30,31)(H4,20,21,22). The van der Waals surface area contributed by atoms with E-state index in [1.54, 1.807) is 13.8 Å². The highest BCUT2D eigenvalue weighted by atomic mass is 32.1. The molecular weight excluding hydrogens is 442 g/mol. The molecule has 0 bridgehead atoms. The van der Waals surface area contributed by atoms with E-state index in [1.165, 1.54) is 0 Å². The van der Waals surface area contributed by atoms with Crippen LogP contribution < -0.4 is 33.2 Å². The fourth-order valence-electron chi connectivity index (χ4n) is 2.54. The van der Waals surface area contributed by atoms with Gasteiger partial charge in [-0.15, -0.1) is 0 Å². The van der Waals surface area contributed by atoms with Crippen LogP contribution in [0.1, 0.15) is 33.1 Å². The minimum Gasteiger partial charge on any atom is -0.480 e. The van der Waals surface area contributed by atoms with Crippen LogP contribution in [0.3, 0.4) is 0 Å². The van der Waals surface area contributed by atoms with Gasteiger partial charge in [-0.3, -0.25) is 19.4 Å². The normalized spacial score (nSPS) is 15.4. The maximum absolute atomic E-state index is 12.8. The molecule has 0 fully saturated rings. The first-order valence-electron chi connectivity index (χ1n) is 10.1. The van der Waals surface area contributed by atoms with Crippen LogP contribution >= 0.6 is 12.6 Å². The zero-order valence-electron chi connectivity index (χ0n) is 18.3. The molecule has 0 aromatic carbocycles. The summed E-state index contributed by atoms with van der Waals surface area (Å²) in [6, 6.07) is -4.63. The lowest BCUT2D eigenvalue weighted by Gasteiger charge is -2.25. The number of hydrogen-bond acceptors (Lipinski definition) is 8. The highest BCUT2D eigenvalue weighted by Gasteiger charge is 2.31. The zero-order chi connectivity index (χ0) is 24.8. The van der Waals surface area contributed by atoms with Crippen molar-refractivity contribution in [2.75, 3.05) is 18.9 Å². The SMILES string of the molecule is CCC(C)C(NC(=O)C(CS)NC(=O)C(CCCN=C(N)N)NC(=O)C(N)CO)C(=O)O. The summed E-state index contributed by atoms with van der Waals surface area (Å²) in [6.07, 6.45) is 0.944. The van der Waals surface area contributed by atoms with E-state index in [2.05, 4.69) is 33.6 Å². The molecular formula is C18H35N7O6S. The minimum atomic E-state index is -1.24. The first-order chi connectivity index (χ1) is 15.0. The lowest BCUT2D eigenvalue weighted by molar-refractivity contribution is -0.143. The summed E-state index contributed by atoms with van der Waals surface area (Å²) in [5, 5.41) is 25.7. The van der Waals surface area contributed by atoms with Crippen molar-refractivity contribution in [2.24, 2.45) is 28.1 Å². The van der Waals surface area contributed by atoms with Gasteiger partial charge in [-0.05, 0) is 18.8 Å². The number of aliphatic hydroxyl groups is 1. The molecule has 11 N–H and O–H groups in total. The van der Waals surface area contributed by atoms with Gasteiger partial charge in [-0.1, -0.05) is 20.3 Å². The van der Waals surface area contributed by atoms with Crippen LogP contribution in [0.25, 0.3) is 0 Å². The minimum absolute atomic E-state index is 0.109. The molecule has 14 heteroatoms. The molecule has 0 aliphatic carbocycles. The van der Waals surface area contributed by atoms with Crippen LogP contribution in [0.15, 0.2) is 4.99 Å². The third-order valence-corrected chi connectivity index (χ3v) is 5.07. The molecule has 0 aliphatic heterocycles. The molecule has 32 heavy (non-hydrogen) atoms. The largest absolute Gasteiger partial charge is 0.480 e. The van der Waals surface area contributed by atoms with Gasteiger partial charge >= 0.3 is 5.97 Å². The van der Waals surface area contributed by atoms with Crippen LogP contribution in [0.4, 0.5) is 0 Å². The molecule has 0 aliphatic rings. The van der Waals surface area contributed by atoms with E-state index >= 15 is 0 Å². The molecule has 0 saturated heterocycles. The number of thiol groups is 1. The van der Waals surface area contributed by atoms with E-state index in [-0.39, 0.29) is 30.6 Å². The Morgan fingerprint density at radius 3 is 2.06 bits per heavy atom. The summed E-state index contributed by atoms with van der Waals surface area (Å²) in [7, 11) is 0. The van der Waals surface area contributed by atoms with Gasteiger partial charge in [0.2, 0.25) is 17.7 Å². The summed E-state index contributed by atoms with van der Waals surface area (Å²) >= 11 is 4.06. The zero-order valence-corrected chi connectivity index (χ0v) is 19.2. The molecule has 0 rings (SSSR count). The van der Waals surface area contributed by atoms with Crippen LogP contribution in [0.5, 0.6) is 0 Å². The van der Waals surface area contributed by atoms with E-state index in [9.17, 15) is 24.3 Å². The van der Waals surface area contributed by atoms with Crippen molar-refractivity contribution in [3.8, 4) is 0 Å². The first-order valence-corrected chi connectivity index (χ1v) is 10.8. The Balaban J connectivity index is 5.31. The first kappa shape index (κ1) is 29.4. The van der Waals surface area contributed by atoms with Crippen molar-refractivity contribution in [1.29, 1.82) is 0 Å². The number of carboxylic acids is 1. The molecule has 0 saturated carbocycles. The number of rotatable bonds is 15. The van der Waals surface area contributed by atoms with Crippen LogP contribution in [-0.4, -0.2) is 82.9 Å². The Kier molecular flexibility index (Phi) is 14.0. The van der Waals surface area contributed by atoms with Crippen molar-refractivity contribution >= 4 is 42.3 Å². The van der Waals surface area contributed by atoms with E-state index in [0.717, 1.165) is 0 Å². The van der Waals surface area contributed by atoms with E-state index in [0.29, 0.717) is 12.8 Å². The van der Waals surface area contributed by atoms with Gasteiger partial charge in [0.15, 0.2) is 5.96 Å². The molecule has 5 unspecified atom stereocenters. The fraction of sp³-hybridized carbons (Fsp3) is 0.722. The smallest absolute Gasteiger partial charge is 0.326 e. The maximum Gasteiger partial charge on any atom is 0.326 e. The number of aliphatic imine (C=N–C) groups is 1. The van der Waals surface area contributed by atoms with E-state index < -0.39 is 54.5 Å². The van der Waals surface area contributed by atoms with Crippen molar-refractivity contribution in [1.82, 2.24) is 16.0 Å². The van der Waals surface area contributed by atoms with Crippen LogP contribution in [0.2, 0.25) is 0 Å². The molecule has 0 heterocycles. The Morgan fingerprint density at radius 2 is 1.59 bits per heavy atom. The fourth-order valence-corrected chi connectivity index (χ4v) is 2.79. The topological polar surface area (TPSA) is 235 Å². The van der Waals surface area contributed by atoms with Gasteiger partial charge in [0.05, 0.1) is 6.61 Å². The summed E-state index contributed by atoms with van der Waals surface area (Å²) in [6.45, 7) is 3.04. The van der Waals surface area contributed by atoms with Gasteiger partial charge in [0.1, 0.15) is 24.2 Å². The van der Waals surface area contributed by atoms with Crippen molar-refractivity contribution < 1.29 is 29.4 Å². The van der Waals surface area contributed by atoms with Crippen LogP contribution in [-0.2, 0) is 19.2 Å². The predicted molar refractivity (Wildman–Crippen MR) is 122 cm³/mol. The molecule has 0 aromatic rings. The predicted octanol–water partition coefficient (Wildman–Crippen LogP) is -3.13. The Bertz CT molecular complexity index is 674. The third kappa shape index (κ3) is 10.6. The van der Waals surface area contributed by atoms with Crippen molar-refractivity contribution in [3.05, 3.63) is 0 Å². The highest BCUT2D eigenvalue weighted by molar-refractivity contribution is 7.80. The lowest BCUT2D eigenvalue weighted by Crippen LogP contribution is -2.58. The number of carbonyl (C=O) groups excluding carboxylic acids is 3. The summed E-state index contributed by atoms with van der Waals surface area (Å²) in [5.41, 5.74) is 16.0. The number of aliphatic hydroxyl groups excluding tert-OH is 1. The molecule has 5 atom stereocenters. The van der Waals surface area contributed by atoms with Crippen LogP contribution in [0, 0.1) is 5.92 Å². The molecule has 0 aromatic heterocycles. The molecule has 0 radical (unpaired) electrons. The third-order valence-electron chi connectivity index (χ3n) is 4.70. The van der Waals surface area contributed by atoms with Crippen molar-refractivity contribution in [2.45, 2.75) is 57.3 Å². The summed E-state index contributed by atoms with van der Waals surface area (Å²) < 4.78 is 0. The highest BCUT2D eigenvalue weighted by Crippen LogP contribution is 2.09. The maximum atomic E-state index is 12.8. The molecule has 13 nitrogen and oxygen atoms in total. The van der Waals surface area contributed by atoms with Gasteiger partial charge in [0.25, 0.3) is 0 Å². The summed E-state index contributed by atoms with van der Waals surface area (Å²) in [4.78, 5) is 52.6. The molecule has 184 valence electrons. The number of nitrogens with two attached hydrogens (primary N) is 3. The van der Waals surface area contributed by atoms with Gasteiger partial charge in [-0.25, -0.2) is 4.79 Å². The Labute approximate surface area is 192 Å². The lowest BCUT2D eigenvalue weighted by atomic mass is 9.99. The molecule has 0 spiro atoms. The summed E-state index contributed by atoms with van der Waals surface area (Å²) in [5.74, 6) is -3.97. The number of guanidine groups is 1. The van der Waals surface area contributed by atoms with E-state index in [1.807, 2.05) is 0 Å². The van der Waals surface area contributed by atoms with Gasteiger partial charge < -0.3 is 43.4 Å². The molecule has 3 amide bonds. The number of carbonyl (C=O) groups is 4. The second-order valence-electron chi connectivity index (χ2n) is 7.25. The average molecular weight is 478 g/mol. The average Bonchev–Trinajstić information content (AvgIpc) is 2.75. The number of hydrogen-bond donors (Lipinski definition) is 9. The number of amides is 3. The monoisotopic (exact) mass is 477 g/mol. The van der Waals surface area contributed by atoms with Crippen molar-refractivity contribution in [3.63, 3.8) is 0 Å². The quantitative estimate of drug-likeness (QED) is 0.0501. The Hall–Kier alpha value is -2.58. The number of carboxylic acid groups (broad SMARTS) is 1. The second-order valence-corrected chi connectivity index (χ2v) is 7.62. The number of aliphatic carboxylic acids is 1. The number of nitrogens with zero attached hydrogens (tertiary/aromatic N) is 1. The Morgan fingerprint density at radius 1 is 1.03 bits per heavy atom. The second kappa shape index (κ2) is 15.3. The van der Waals surface area contributed by atoms with Gasteiger partial charge in [-0.2, -0.15) is 12.6 Å². The number of nitrogens with one attached hydrogen (secondary N) is 3. The van der Waals surface area contributed by atoms with Gasteiger partial charge in [0, 0.05) is 12.3 Å².